The summed E-state index contributed by atoms with van der Waals surface area (Å²) in [7, 11) is 0. The van der Waals surface area contributed by atoms with Gasteiger partial charge in [0.05, 0.1) is 10.9 Å². The molecule has 0 saturated heterocycles. The Morgan fingerprint density at radius 1 is 1.21 bits per heavy atom. The molecule has 0 aliphatic heterocycles. The van der Waals surface area contributed by atoms with Gasteiger partial charge in [0.15, 0.2) is 0 Å². The summed E-state index contributed by atoms with van der Waals surface area (Å²) in [5.74, 6) is 0. The Morgan fingerprint density at radius 2 is 2.14 bits per heavy atom. The van der Waals surface area contributed by atoms with Crippen LogP contribution in [0.25, 0.3) is 15.8 Å². The number of thiophene rings is 2. The second-order valence-electron chi connectivity index (χ2n) is 2.64. The maximum Gasteiger partial charge on any atom is 0.0912 e. The Kier molecular flexibility index (Phi) is 2.78. The van der Waals surface area contributed by atoms with Gasteiger partial charge in [-0.2, -0.15) is 5.26 Å². The van der Waals surface area contributed by atoms with Gasteiger partial charge in [-0.05, 0) is 34.5 Å². The average Bonchev–Trinajstić information content (AvgIpc) is 2.84. The lowest BCUT2D eigenvalue weighted by Crippen LogP contribution is -1.68. The van der Waals surface area contributed by atoms with Crippen LogP contribution in [0.5, 0.6) is 0 Å². The Labute approximate surface area is 90.6 Å². The highest BCUT2D eigenvalue weighted by Crippen LogP contribution is 2.33. The van der Waals surface area contributed by atoms with Gasteiger partial charge >= 0.3 is 0 Å². The first kappa shape index (κ1) is 9.20. The summed E-state index contributed by atoms with van der Waals surface area (Å²) < 4.78 is 0. The van der Waals surface area contributed by atoms with Crippen molar-refractivity contribution in [3.05, 3.63) is 40.6 Å². The molecule has 2 heterocycles. The Hall–Kier alpha value is -1.37. The molecule has 0 bridgehead atoms. The summed E-state index contributed by atoms with van der Waals surface area (Å²) in [6.07, 6.45) is 3.37. The number of hydrogen-bond donors (Lipinski definition) is 0. The van der Waals surface area contributed by atoms with Gasteiger partial charge in [-0.3, -0.25) is 0 Å². The zero-order valence-electron chi connectivity index (χ0n) is 7.31. The van der Waals surface area contributed by atoms with Gasteiger partial charge in [0.25, 0.3) is 0 Å². The minimum atomic E-state index is 1.12. The fraction of sp³-hybridized carbons (Fsp3) is 0. The fourth-order valence-electron chi connectivity index (χ4n) is 1.19. The van der Waals surface area contributed by atoms with Gasteiger partial charge in [-0.1, -0.05) is 6.07 Å². The molecule has 0 amide bonds. The van der Waals surface area contributed by atoms with E-state index in [1.54, 1.807) is 22.7 Å². The van der Waals surface area contributed by atoms with Crippen molar-refractivity contribution in [1.82, 2.24) is 0 Å². The summed E-state index contributed by atoms with van der Waals surface area (Å²) in [5.41, 5.74) is 1.12. The number of nitrogens with zero attached hydrogens (tertiary/aromatic N) is 1. The molecule has 1 nitrogen and oxygen atoms in total. The van der Waals surface area contributed by atoms with Crippen molar-refractivity contribution in [3.63, 3.8) is 0 Å². The first-order valence-corrected chi connectivity index (χ1v) is 5.85. The molecule has 0 radical (unpaired) electrons. The summed E-state index contributed by atoms with van der Waals surface area (Å²) >= 11 is 3.43. The lowest BCUT2D eigenvalue weighted by atomic mass is 10.2. The van der Waals surface area contributed by atoms with E-state index in [0.29, 0.717) is 0 Å². The Balaban J connectivity index is 2.41. The molecule has 3 heteroatoms. The second-order valence-corrected chi connectivity index (χ2v) is 4.51. The van der Waals surface area contributed by atoms with Crippen molar-refractivity contribution in [2.24, 2.45) is 0 Å². The first-order valence-electron chi connectivity index (χ1n) is 4.09. The van der Waals surface area contributed by atoms with Crippen LogP contribution in [0, 0.1) is 11.3 Å². The van der Waals surface area contributed by atoms with Crippen LogP contribution in [0.2, 0.25) is 0 Å². The minimum absolute atomic E-state index is 1.12. The fourth-order valence-corrected chi connectivity index (χ4v) is 2.97. The predicted molar refractivity (Wildman–Crippen MR) is 62.3 cm³/mol. The summed E-state index contributed by atoms with van der Waals surface area (Å²) in [6, 6.07) is 8.18. The smallest absolute Gasteiger partial charge is 0.0912 e. The van der Waals surface area contributed by atoms with Crippen molar-refractivity contribution in [3.8, 4) is 15.8 Å². The lowest BCUT2D eigenvalue weighted by molar-refractivity contribution is 1.54. The van der Waals surface area contributed by atoms with E-state index in [4.69, 9.17) is 5.26 Å². The van der Waals surface area contributed by atoms with E-state index in [1.165, 1.54) is 15.8 Å². The molecule has 0 fully saturated rings. The van der Waals surface area contributed by atoms with Gasteiger partial charge in [0.1, 0.15) is 0 Å². The molecule has 0 saturated carbocycles. The van der Waals surface area contributed by atoms with E-state index in [1.807, 2.05) is 29.7 Å². The standard InChI is InChI=1S/C11H7NS2/c12-6-1-3-9-5-8-14-11(9)10-4-2-7-13-10/h1-5,7-8H. The van der Waals surface area contributed by atoms with Crippen molar-refractivity contribution >= 4 is 28.7 Å². The highest BCUT2D eigenvalue weighted by molar-refractivity contribution is 7.20. The van der Waals surface area contributed by atoms with Crippen LogP contribution in [-0.4, -0.2) is 0 Å². The molecule has 2 rings (SSSR count). The largest absolute Gasteiger partial charge is 0.193 e. The molecule has 68 valence electrons. The van der Waals surface area contributed by atoms with E-state index in [9.17, 15) is 0 Å². The quantitative estimate of drug-likeness (QED) is 0.697. The summed E-state index contributed by atoms with van der Waals surface area (Å²) in [6.45, 7) is 0. The first-order chi connectivity index (χ1) is 6.92. The van der Waals surface area contributed by atoms with E-state index >= 15 is 0 Å². The molecule has 0 unspecified atom stereocenters. The van der Waals surface area contributed by atoms with Crippen molar-refractivity contribution in [1.29, 1.82) is 5.26 Å². The molecule has 0 N–H and O–H groups in total. The molecule has 14 heavy (non-hydrogen) atoms. The molecule has 0 spiro atoms. The van der Waals surface area contributed by atoms with E-state index in [-0.39, 0.29) is 0 Å². The number of hydrogen-bond acceptors (Lipinski definition) is 3. The van der Waals surface area contributed by atoms with Crippen molar-refractivity contribution in [2.75, 3.05) is 0 Å². The number of rotatable bonds is 2. The van der Waals surface area contributed by atoms with E-state index < -0.39 is 0 Å². The van der Waals surface area contributed by atoms with Gasteiger partial charge < -0.3 is 0 Å². The van der Waals surface area contributed by atoms with Gasteiger partial charge in [0.2, 0.25) is 0 Å². The van der Waals surface area contributed by atoms with Crippen LogP contribution in [-0.2, 0) is 0 Å². The van der Waals surface area contributed by atoms with Crippen LogP contribution < -0.4 is 0 Å². The molecule has 2 aromatic heterocycles. The lowest BCUT2D eigenvalue weighted by Gasteiger charge is -1.93. The number of nitriles is 1. The summed E-state index contributed by atoms with van der Waals surface area (Å²) in [4.78, 5) is 2.50. The Bertz CT molecular complexity index is 472. The SMILES string of the molecule is N#CC=Cc1ccsc1-c1cccs1. The van der Waals surface area contributed by atoms with Gasteiger partial charge in [-0.15, -0.1) is 22.7 Å². The van der Waals surface area contributed by atoms with Gasteiger partial charge in [0, 0.05) is 11.0 Å². The highest BCUT2D eigenvalue weighted by atomic mass is 32.1. The highest BCUT2D eigenvalue weighted by Gasteiger charge is 2.04. The molecule has 0 aliphatic carbocycles. The molecule has 0 aliphatic rings. The monoisotopic (exact) mass is 217 g/mol. The van der Waals surface area contributed by atoms with Crippen LogP contribution >= 0.6 is 22.7 Å². The maximum atomic E-state index is 8.46. The molecule has 0 aromatic carbocycles. The van der Waals surface area contributed by atoms with Crippen LogP contribution in [0.4, 0.5) is 0 Å². The molecule has 2 aromatic rings. The van der Waals surface area contributed by atoms with E-state index in [0.717, 1.165) is 5.56 Å². The van der Waals surface area contributed by atoms with Crippen LogP contribution in [0.3, 0.4) is 0 Å². The number of allylic oxidation sites excluding steroid dienone is 1. The minimum Gasteiger partial charge on any atom is -0.193 e. The Morgan fingerprint density at radius 3 is 2.86 bits per heavy atom. The molecular weight excluding hydrogens is 210 g/mol. The predicted octanol–water partition coefficient (Wildman–Crippen LogP) is 4.01. The molecular formula is C11H7NS2. The average molecular weight is 217 g/mol. The maximum absolute atomic E-state index is 8.46. The van der Waals surface area contributed by atoms with Crippen molar-refractivity contribution < 1.29 is 0 Å². The third-order valence-corrected chi connectivity index (χ3v) is 3.76. The zero-order valence-corrected chi connectivity index (χ0v) is 8.94. The van der Waals surface area contributed by atoms with Crippen LogP contribution in [0.15, 0.2) is 35.0 Å². The van der Waals surface area contributed by atoms with E-state index in [2.05, 4.69) is 11.4 Å². The van der Waals surface area contributed by atoms with Crippen molar-refractivity contribution in [2.45, 2.75) is 0 Å². The third kappa shape index (κ3) is 1.77. The van der Waals surface area contributed by atoms with Crippen LogP contribution in [0.1, 0.15) is 5.56 Å². The normalized spacial score (nSPS) is 10.5. The topological polar surface area (TPSA) is 23.8 Å². The zero-order chi connectivity index (χ0) is 9.80. The van der Waals surface area contributed by atoms with Gasteiger partial charge in [-0.25, -0.2) is 0 Å². The second kappa shape index (κ2) is 4.23. The summed E-state index contributed by atoms with van der Waals surface area (Å²) in [5, 5.41) is 12.6. The molecule has 0 atom stereocenters. The third-order valence-electron chi connectivity index (χ3n) is 1.78.